The van der Waals surface area contributed by atoms with Gasteiger partial charge in [0.15, 0.2) is 88.7 Å². The van der Waals surface area contributed by atoms with Crippen LogP contribution in [0.5, 0.6) is 0 Å². The molecule has 58 heavy (non-hydrogen) atoms. The van der Waals surface area contributed by atoms with Crippen LogP contribution in [0.3, 0.4) is 0 Å². The molecular weight excluding hydrogens is 837 g/mol. The van der Waals surface area contributed by atoms with Crippen molar-refractivity contribution in [2.75, 3.05) is 0 Å². The number of hydrogen-bond acceptors (Lipinski definition) is 0. The Morgan fingerprint density at radius 1 is 0.276 bits per heavy atom. The molecule has 0 amide bonds. The maximum atomic E-state index is 15.4. The summed E-state index contributed by atoms with van der Waals surface area (Å²) in [5, 5.41) is 0. The molecule has 0 spiro atoms. The summed E-state index contributed by atoms with van der Waals surface area (Å²) in [4.78, 5) is 0. The Labute approximate surface area is 309 Å². The van der Waals surface area contributed by atoms with Crippen LogP contribution in [0.4, 0.5) is 87.8 Å². The van der Waals surface area contributed by atoms with Crippen LogP contribution in [0.15, 0.2) is 60.9 Å². The second-order valence-electron chi connectivity index (χ2n) is 11.8. The first-order valence-corrected chi connectivity index (χ1v) is 15.4. The molecule has 0 atom stereocenters. The number of hydrogen-bond donors (Lipinski definition) is 0. The maximum absolute atomic E-state index is 15.4. The zero-order chi connectivity index (χ0) is 43.3. The predicted molar refractivity (Wildman–Crippen MR) is 161 cm³/mol. The molecule has 0 aliphatic carbocycles. The van der Waals surface area contributed by atoms with Gasteiger partial charge >= 0.3 is 0 Å². The second-order valence-corrected chi connectivity index (χ2v) is 11.8. The normalized spacial score (nSPS) is 11.5. The number of aromatic nitrogens is 1. The molecule has 5 aromatic carbocycles. The summed E-state index contributed by atoms with van der Waals surface area (Å²) in [6.07, 6.45) is -3.06. The number of halogens is 20. The molecular formula is C36H12BF20N. The lowest BCUT2D eigenvalue weighted by Crippen LogP contribution is -2.81. The van der Waals surface area contributed by atoms with E-state index in [1.54, 1.807) is 0 Å². The van der Waals surface area contributed by atoms with E-state index in [4.69, 9.17) is 0 Å². The summed E-state index contributed by atoms with van der Waals surface area (Å²) in [5.41, 5.74) is -13.0. The highest BCUT2D eigenvalue weighted by Crippen LogP contribution is 2.30. The van der Waals surface area contributed by atoms with Crippen molar-refractivity contribution in [2.24, 2.45) is 0 Å². The fourth-order valence-electron chi connectivity index (χ4n) is 6.21. The third kappa shape index (κ3) is 6.66. The molecule has 0 N–H and O–H groups in total. The van der Waals surface area contributed by atoms with Gasteiger partial charge in [0.2, 0.25) is 0 Å². The molecule has 1 aromatic heterocycles. The Morgan fingerprint density at radius 3 is 0.724 bits per heavy atom. The fourth-order valence-corrected chi connectivity index (χ4v) is 6.21. The van der Waals surface area contributed by atoms with Gasteiger partial charge in [0.1, 0.15) is 52.7 Å². The first kappa shape index (κ1) is 43.0. The molecule has 6 rings (SSSR count). The van der Waals surface area contributed by atoms with E-state index in [-0.39, 0.29) is 0 Å². The molecule has 0 radical (unpaired) electrons. The minimum Gasteiger partial charge on any atom is -0.207 e. The molecule has 0 aliphatic heterocycles. The molecule has 1 nitrogen and oxygen atoms in total. The van der Waals surface area contributed by atoms with E-state index >= 15 is 35.1 Å². The number of pyridine rings is 1. The number of nitrogens with zero attached hydrogens (tertiary/aromatic N) is 1. The minimum absolute atomic E-state index is 0.946. The van der Waals surface area contributed by atoms with Crippen LogP contribution >= 0.6 is 0 Å². The van der Waals surface area contributed by atoms with E-state index in [0.717, 1.165) is 6.54 Å². The van der Waals surface area contributed by atoms with Gasteiger partial charge in [0, 0.05) is 17.7 Å². The van der Waals surface area contributed by atoms with Gasteiger partial charge in [-0.2, -0.15) is 0 Å². The van der Waals surface area contributed by atoms with E-state index in [1.165, 1.54) is 5.56 Å². The lowest BCUT2D eigenvalue weighted by atomic mass is 9.12. The van der Waals surface area contributed by atoms with E-state index < -0.39 is 144 Å². The average molecular weight is 849 g/mol. The van der Waals surface area contributed by atoms with Crippen LogP contribution in [0.1, 0.15) is 5.56 Å². The second kappa shape index (κ2) is 16.0. The SMILES string of the molecule is Fc1c(F)c(F)c([B-](c2c(F)c(F)c(F)c(F)c2F)(c2c(F)c(F)c(F)c(F)c2F)c2c(F)c(F)c(F)c(F)c2F)c(F)c1F.c1ccc(C[n+]2ccccc2)cc1. The zero-order valence-electron chi connectivity index (χ0n) is 27.6. The molecule has 0 saturated heterocycles. The van der Waals surface area contributed by atoms with Crippen LogP contribution in [-0.4, -0.2) is 6.15 Å². The zero-order valence-corrected chi connectivity index (χ0v) is 27.6. The first-order valence-electron chi connectivity index (χ1n) is 15.4. The van der Waals surface area contributed by atoms with Gasteiger partial charge in [-0.15, -0.1) is 21.9 Å². The molecule has 304 valence electrons. The molecule has 0 saturated carbocycles. The van der Waals surface area contributed by atoms with Crippen molar-refractivity contribution in [3.05, 3.63) is 183 Å². The van der Waals surface area contributed by atoms with E-state index in [9.17, 15) is 52.7 Å². The lowest BCUT2D eigenvalue weighted by molar-refractivity contribution is -0.688. The lowest BCUT2D eigenvalue weighted by Gasteiger charge is -2.44. The summed E-state index contributed by atoms with van der Waals surface area (Å²) in [6, 6.07) is 16.6. The largest absolute Gasteiger partial charge is 0.207 e. The first-order chi connectivity index (χ1) is 27.2. The summed E-state index contributed by atoms with van der Waals surface area (Å²) < 4.78 is 296. The van der Waals surface area contributed by atoms with Gasteiger partial charge in [-0.3, -0.25) is 0 Å². The summed E-state index contributed by atoms with van der Waals surface area (Å²) in [7, 11) is 0. The van der Waals surface area contributed by atoms with Crippen molar-refractivity contribution >= 4 is 28.0 Å². The Bertz CT molecular complexity index is 2170. The van der Waals surface area contributed by atoms with Gasteiger partial charge in [-0.25, -0.2) is 92.4 Å². The van der Waals surface area contributed by atoms with Crippen molar-refractivity contribution in [1.29, 1.82) is 0 Å². The van der Waals surface area contributed by atoms with E-state index in [0.29, 0.717) is 0 Å². The fraction of sp³-hybridized carbons (Fsp3) is 0.0278. The Balaban J connectivity index is 0.000000414. The summed E-state index contributed by atoms with van der Waals surface area (Å²) >= 11 is 0. The summed E-state index contributed by atoms with van der Waals surface area (Å²) in [5.74, 6) is -71.4. The van der Waals surface area contributed by atoms with Crippen molar-refractivity contribution in [3.63, 3.8) is 0 Å². The molecule has 1 heterocycles. The highest BCUT2D eigenvalue weighted by atomic mass is 19.2. The highest BCUT2D eigenvalue weighted by molar-refractivity contribution is 7.20. The van der Waals surface area contributed by atoms with Gasteiger partial charge in [0.25, 0.3) is 0 Å². The van der Waals surface area contributed by atoms with Gasteiger partial charge < -0.3 is 0 Å². The molecule has 0 fully saturated rings. The smallest absolute Gasteiger partial charge is 0.200 e. The third-order valence-corrected chi connectivity index (χ3v) is 8.69. The van der Waals surface area contributed by atoms with Crippen molar-refractivity contribution in [3.8, 4) is 0 Å². The third-order valence-electron chi connectivity index (χ3n) is 8.69. The standard InChI is InChI=1S/C24BF20.C12H12N/c26-5-1(6(27)14(35)21(42)13(5)34)25(2-7(28)15(36)22(43)16(37)8(2)29,3-9(30)17(38)23(44)18(39)10(3)31)4-11(32)19(40)24(45)20(41)12(4)33;1-3-7-12(8-4-1)11-13-9-5-2-6-10-13/h;1-10H,11H2/q-1;+1. The number of rotatable bonds is 6. The van der Waals surface area contributed by atoms with Gasteiger partial charge in [0.05, 0.1) is 0 Å². The topological polar surface area (TPSA) is 3.88 Å². The summed E-state index contributed by atoms with van der Waals surface area (Å²) in [6.45, 7) is 0.946. The maximum Gasteiger partial charge on any atom is 0.200 e. The van der Waals surface area contributed by atoms with E-state index in [1.807, 2.05) is 24.3 Å². The molecule has 6 aromatic rings. The van der Waals surface area contributed by atoms with Gasteiger partial charge in [-0.1, -0.05) is 36.4 Å². The quantitative estimate of drug-likeness (QED) is 0.0529. The molecule has 22 heteroatoms. The van der Waals surface area contributed by atoms with Crippen molar-refractivity contribution in [1.82, 2.24) is 0 Å². The molecule has 0 unspecified atom stereocenters. The van der Waals surface area contributed by atoms with Crippen molar-refractivity contribution < 1.29 is 92.4 Å². The molecule has 0 aliphatic rings. The minimum atomic E-state index is -7.22. The van der Waals surface area contributed by atoms with Crippen LogP contribution in [0.2, 0.25) is 0 Å². The van der Waals surface area contributed by atoms with Crippen LogP contribution in [-0.2, 0) is 6.54 Å². The van der Waals surface area contributed by atoms with Crippen LogP contribution in [0.25, 0.3) is 0 Å². The number of benzene rings is 5. The monoisotopic (exact) mass is 849 g/mol. The predicted octanol–water partition coefficient (Wildman–Crippen LogP) is 7.87. The molecule has 0 bridgehead atoms. The van der Waals surface area contributed by atoms with Crippen molar-refractivity contribution in [2.45, 2.75) is 6.54 Å². The Hall–Kier alpha value is -6.09. The Morgan fingerprint density at radius 2 is 0.483 bits per heavy atom. The van der Waals surface area contributed by atoms with Crippen LogP contribution < -0.4 is 26.4 Å². The van der Waals surface area contributed by atoms with E-state index in [2.05, 4.69) is 41.2 Å². The Kier molecular flexibility index (Phi) is 11.9. The van der Waals surface area contributed by atoms with Gasteiger partial charge in [-0.05, 0) is 0 Å². The highest BCUT2D eigenvalue weighted by Gasteiger charge is 2.52. The average Bonchev–Trinajstić information content (AvgIpc) is 3.21. The van der Waals surface area contributed by atoms with Crippen LogP contribution in [0, 0.1) is 116 Å².